The summed E-state index contributed by atoms with van der Waals surface area (Å²) in [6, 6.07) is 9.09. The van der Waals surface area contributed by atoms with Crippen LogP contribution in [0, 0.1) is 0 Å². The minimum Gasteiger partial charge on any atom is -0.495 e. The fraction of sp³-hybridized carbons (Fsp3) is 0.125. The molecule has 23 heavy (non-hydrogen) atoms. The number of hydrogen-bond acceptors (Lipinski definition) is 4. The Hall–Kier alpha value is -2.24. The summed E-state index contributed by atoms with van der Waals surface area (Å²) < 4.78 is 9.67. The number of carbonyl (C=O) groups excluding carboxylic acids is 2. The molecule has 0 aromatic heterocycles. The molecule has 2 aromatic carbocycles. The molecule has 0 heterocycles. The van der Waals surface area contributed by atoms with Crippen LogP contribution in [0.2, 0.25) is 10.0 Å². The lowest BCUT2D eigenvalue weighted by atomic mass is 10.1. The predicted molar refractivity (Wildman–Crippen MR) is 88.7 cm³/mol. The van der Waals surface area contributed by atoms with Crippen molar-refractivity contribution in [3.8, 4) is 5.75 Å². The van der Waals surface area contributed by atoms with Gasteiger partial charge in [0.25, 0.3) is 5.91 Å². The molecule has 1 N–H and O–H groups in total. The summed E-state index contributed by atoms with van der Waals surface area (Å²) in [7, 11) is 2.76. The third kappa shape index (κ3) is 3.94. The molecule has 7 heteroatoms. The Morgan fingerprint density at radius 3 is 2.26 bits per heavy atom. The zero-order valence-corrected chi connectivity index (χ0v) is 13.9. The van der Waals surface area contributed by atoms with Crippen LogP contribution in [0.15, 0.2) is 36.4 Å². The second-order valence-corrected chi connectivity index (χ2v) is 5.30. The van der Waals surface area contributed by atoms with Crippen molar-refractivity contribution < 1.29 is 19.1 Å². The average Bonchev–Trinajstić information content (AvgIpc) is 2.55. The fourth-order valence-corrected chi connectivity index (χ4v) is 2.29. The van der Waals surface area contributed by atoms with Crippen LogP contribution in [0.3, 0.4) is 0 Å². The van der Waals surface area contributed by atoms with Crippen molar-refractivity contribution in [1.82, 2.24) is 0 Å². The lowest BCUT2D eigenvalue weighted by Gasteiger charge is -2.10. The number of benzene rings is 2. The topological polar surface area (TPSA) is 64.6 Å². The number of esters is 1. The lowest BCUT2D eigenvalue weighted by Crippen LogP contribution is -2.13. The van der Waals surface area contributed by atoms with Gasteiger partial charge in [-0.1, -0.05) is 23.2 Å². The highest BCUT2D eigenvalue weighted by Gasteiger charge is 2.13. The van der Waals surface area contributed by atoms with Gasteiger partial charge in [0.2, 0.25) is 0 Å². The van der Waals surface area contributed by atoms with Crippen LogP contribution >= 0.6 is 23.2 Å². The number of ether oxygens (including phenoxy) is 2. The number of halogens is 2. The monoisotopic (exact) mass is 353 g/mol. The smallest absolute Gasteiger partial charge is 0.337 e. The van der Waals surface area contributed by atoms with E-state index < -0.39 is 11.9 Å². The molecule has 0 unspecified atom stereocenters. The van der Waals surface area contributed by atoms with Crippen LogP contribution in [-0.2, 0) is 4.74 Å². The van der Waals surface area contributed by atoms with Crippen LogP contribution < -0.4 is 10.1 Å². The van der Waals surface area contributed by atoms with Crippen LogP contribution in [0.25, 0.3) is 0 Å². The SMILES string of the molecule is COC(=O)c1ccc(Cl)c(NC(=O)c2ccc(OC)c(Cl)c2)c1. The summed E-state index contributed by atoms with van der Waals surface area (Å²) >= 11 is 12.0. The van der Waals surface area contributed by atoms with Gasteiger partial charge >= 0.3 is 5.97 Å². The number of carbonyl (C=O) groups is 2. The van der Waals surface area contributed by atoms with Crippen LogP contribution in [-0.4, -0.2) is 26.1 Å². The zero-order chi connectivity index (χ0) is 17.0. The minimum absolute atomic E-state index is 0.278. The molecule has 0 atom stereocenters. The summed E-state index contributed by atoms with van der Waals surface area (Å²) in [6.45, 7) is 0. The minimum atomic E-state index is -0.523. The molecule has 0 spiro atoms. The largest absolute Gasteiger partial charge is 0.495 e. The Morgan fingerprint density at radius 1 is 0.957 bits per heavy atom. The Bertz CT molecular complexity index is 762. The molecule has 0 fully saturated rings. The molecule has 120 valence electrons. The molecule has 0 aliphatic carbocycles. The van der Waals surface area contributed by atoms with Crippen LogP contribution in [0.5, 0.6) is 5.75 Å². The summed E-state index contributed by atoms with van der Waals surface area (Å²) in [5.41, 5.74) is 0.904. The standard InChI is InChI=1S/C16H13Cl2NO4/c1-22-14-6-4-9(7-12(14)18)15(20)19-13-8-10(16(21)23-2)3-5-11(13)17/h3-8H,1-2H3,(H,19,20). The molecule has 0 bridgehead atoms. The highest BCUT2D eigenvalue weighted by molar-refractivity contribution is 6.34. The summed E-state index contributed by atoms with van der Waals surface area (Å²) in [5, 5.41) is 3.24. The predicted octanol–water partition coefficient (Wildman–Crippen LogP) is 4.04. The van der Waals surface area contributed by atoms with Crippen molar-refractivity contribution in [3.63, 3.8) is 0 Å². The molecule has 2 rings (SSSR count). The first-order chi connectivity index (χ1) is 11.0. The van der Waals surface area contributed by atoms with E-state index in [-0.39, 0.29) is 5.56 Å². The highest BCUT2D eigenvalue weighted by Crippen LogP contribution is 2.27. The Kier molecular flexibility index (Phi) is 5.47. The van der Waals surface area contributed by atoms with Crippen molar-refractivity contribution in [2.24, 2.45) is 0 Å². The van der Waals surface area contributed by atoms with Gasteiger partial charge in [-0.05, 0) is 36.4 Å². The third-order valence-electron chi connectivity index (χ3n) is 3.05. The van der Waals surface area contributed by atoms with E-state index >= 15 is 0 Å². The van der Waals surface area contributed by atoms with E-state index in [4.69, 9.17) is 27.9 Å². The van der Waals surface area contributed by atoms with Crippen molar-refractivity contribution in [3.05, 3.63) is 57.6 Å². The average molecular weight is 354 g/mol. The van der Waals surface area contributed by atoms with E-state index in [0.717, 1.165) is 0 Å². The highest BCUT2D eigenvalue weighted by atomic mass is 35.5. The normalized spacial score (nSPS) is 10.1. The quantitative estimate of drug-likeness (QED) is 0.842. The Balaban J connectivity index is 2.26. The van der Waals surface area contributed by atoms with Gasteiger partial charge in [-0.25, -0.2) is 4.79 Å². The van der Waals surface area contributed by atoms with Crippen molar-refractivity contribution in [2.45, 2.75) is 0 Å². The number of amides is 1. The number of hydrogen-bond donors (Lipinski definition) is 1. The summed E-state index contributed by atoms with van der Waals surface area (Å²) in [6.07, 6.45) is 0. The van der Waals surface area contributed by atoms with Gasteiger partial charge in [0.1, 0.15) is 5.75 Å². The lowest BCUT2D eigenvalue weighted by molar-refractivity contribution is 0.0600. The second-order valence-electron chi connectivity index (χ2n) is 4.49. The molecule has 0 saturated carbocycles. The molecule has 2 aromatic rings. The first kappa shape index (κ1) is 17.1. The van der Waals surface area contributed by atoms with E-state index in [9.17, 15) is 9.59 Å². The summed E-state index contributed by atoms with van der Waals surface area (Å²) in [5.74, 6) is -0.475. The Morgan fingerprint density at radius 2 is 1.65 bits per heavy atom. The van der Waals surface area contributed by atoms with E-state index in [1.165, 1.54) is 38.5 Å². The van der Waals surface area contributed by atoms with Gasteiger partial charge in [0, 0.05) is 5.56 Å². The van der Waals surface area contributed by atoms with E-state index in [0.29, 0.717) is 27.0 Å². The first-order valence-corrected chi connectivity index (χ1v) is 7.24. The van der Waals surface area contributed by atoms with Crippen molar-refractivity contribution in [1.29, 1.82) is 0 Å². The van der Waals surface area contributed by atoms with Gasteiger partial charge in [0.05, 0.1) is 35.5 Å². The number of rotatable bonds is 4. The maximum atomic E-state index is 12.3. The van der Waals surface area contributed by atoms with Gasteiger partial charge in [-0.15, -0.1) is 0 Å². The second kappa shape index (κ2) is 7.35. The molecular formula is C16H13Cl2NO4. The molecular weight excluding hydrogens is 341 g/mol. The maximum absolute atomic E-state index is 12.3. The van der Waals surface area contributed by atoms with E-state index in [2.05, 4.69) is 10.1 Å². The van der Waals surface area contributed by atoms with Crippen molar-refractivity contribution >= 4 is 40.8 Å². The van der Waals surface area contributed by atoms with E-state index in [1.54, 1.807) is 12.1 Å². The number of anilines is 1. The molecule has 1 amide bonds. The van der Waals surface area contributed by atoms with Gasteiger partial charge in [0.15, 0.2) is 0 Å². The number of nitrogens with one attached hydrogen (secondary N) is 1. The molecule has 5 nitrogen and oxygen atoms in total. The third-order valence-corrected chi connectivity index (χ3v) is 3.67. The first-order valence-electron chi connectivity index (χ1n) is 6.49. The Labute approximate surface area is 143 Å². The molecule has 0 aliphatic heterocycles. The van der Waals surface area contributed by atoms with E-state index in [1.807, 2.05) is 0 Å². The zero-order valence-electron chi connectivity index (χ0n) is 12.4. The van der Waals surface area contributed by atoms with Gasteiger partial charge in [-0.2, -0.15) is 0 Å². The van der Waals surface area contributed by atoms with Crippen LogP contribution in [0.1, 0.15) is 20.7 Å². The van der Waals surface area contributed by atoms with Gasteiger partial charge in [-0.3, -0.25) is 4.79 Å². The molecule has 0 saturated heterocycles. The maximum Gasteiger partial charge on any atom is 0.337 e. The molecule has 0 aliphatic rings. The van der Waals surface area contributed by atoms with Crippen molar-refractivity contribution in [2.75, 3.05) is 19.5 Å². The van der Waals surface area contributed by atoms with Crippen LogP contribution in [0.4, 0.5) is 5.69 Å². The summed E-state index contributed by atoms with van der Waals surface area (Å²) in [4.78, 5) is 23.8. The fourth-order valence-electron chi connectivity index (χ4n) is 1.87. The van der Waals surface area contributed by atoms with Gasteiger partial charge < -0.3 is 14.8 Å². The molecule has 0 radical (unpaired) electrons. The number of methoxy groups -OCH3 is 2.